The first kappa shape index (κ1) is 29.4. The van der Waals surface area contributed by atoms with Crippen LogP contribution in [0.15, 0.2) is 48.9 Å². The number of aromatic amines is 1. The molecule has 0 aliphatic carbocycles. The lowest BCUT2D eigenvalue weighted by Crippen LogP contribution is -2.31. The number of fused-ring (bicyclic) bond motifs is 2. The highest BCUT2D eigenvalue weighted by molar-refractivity contribution is 7.92. The number of H-pyrrole nitrogens is 1. The number of nitrogens with zero attached hydrogens (tertiary/aromatic N) is 7. The normalized spacial score (nSPS) is 15.3. The Hall–Kier alpha value is -4.69. The van der Waals surface area contributed by atoms with Gasteiger partial charge in [0.1, 0.15) is 28.4 Å². The van der Waals surface area contributed by atoms with Crippen molar-refractivity contribution in [2.45, 2.75) is 19.4 Å². The van der Waals surface area contributed by atoms with Crippen LogP contribution in [0.1, 0.15) is 12.0 Å². The molecule has 1 aliphatic rings. The third-order valence-electron chi connectivity index (χ3n) is 8.09. The molecule has 13 nitrogen and oxygen atoms in total. The molecule has 14 heteroatoms. The summed E-state index contributed by atoms with van der Waals surface area (Å²) in [4.78, 5) is 26.1. The molecule has 3 N–H and O–H groups in total. The van der Waals surface area contributed by atoms with Crippen molar-refractivity contribution in [2.24, 2.45) is 0 Å². The molecule has 6 rings (SSSR count). The molecule has 5 aromatic rings. The standard InChI is InChI=1S/C30H36N10O3S/c1-18-15-23(25(43-5)16-24(18)40-14-10-19(17-40)38(2)3)35-30-36-28-20(9-11-33-28)29(37-30)34-22-8-7-21-26(32-13-12-31-21)27(22)39(4)44(6,41)42/h7-9,11-13,15-16,19H,10,14,17H2,1-6H3,(H3,33,34,35,36,37). The van der Waals surface area contributed by atoms with E-state index >= 15 is 0 Å². The number of anilines is 6. The topological polar surface area (TPSA) is 144 Å². The number of hydrogen-bond donors (Lipinski definition) is 3. The van der Waals surface area contributed by atoms with Crippen LogP contribution in [0.4, 0.5) is 34.5 Å². The molecule has 1 fully saturated rings. The van der Waals surface area contributed by atoms with Gasteiger partial charge in [0.05, 0.1) is 35.6 Å². The molecule has 0 spiro atoms. The molecule has 0 bridgehead atoms. The third-order valence-corrected chi connectivity index (χ3v) is 9.27. The first-order chi connectivity index (χ1) is 21.0. The van der Waals surface area contributed by atoms with Gasteiger partial charge in [-0.1, -0.05) is 0 Å². The Morgan fingerprint density at radius 2 is 1.84 bits per heavy atom. The van der Waals surface area contributed by atoms with E-state index in [4.69, 9.17) is 14.7 Å². The number of aromatic nitrogens is 5. The molecule has 2 aromatic carbocycles. The molecule has 3 aromatic heterocycles. The Morgan fingerprint density at radius 1 is 1.05 bits per heavy atom. The highest BCUT2D eigenvalue weighted by atomic mass is 32.2. The van der Waals surface area contributed by atoms with Crippen LogP contribution in [0.3, 0.4) is 0 Å². The van der Waals surface area contributed by atoms with Gasteiger partial charge in [0.15, 0.2) is 0 Å². The maximum atomic E-state index is 12.6. The first-order valence-corrected chi connectivity index (χ1v) is 16.0. The summed E-state index contributed by atoms with van der Waals surface area (Å²) in [6.07, 6.45) is 7.14. The Balaban J connectivity index is 1.37. The van der Waals surface area contributed by atoms with Crippen molar-refractivity contribution in [3.05, 3.63) is 54.5 Å². The monoisotopic (exact) mass is 616 g/mol. The summed E-state index contributed by atoms with van der Waals surface area (Å²) in [5, 5.41) is 7.42. The van der Waals surface area contributed by atoms with E-state index in [9.17, 15) is 8.42 Å². The van der Waals surface area contributed by atoms with E-state index in [-0.39, 0.29) is 0 Å². The van der Waals surface area contributed by atoms with Crippen LogP contribution in [0.25, 0.3) is 22.1 Å². The number of ether oxygens (including phenoxy) is 1. The maximum Gasteiger partial charge on any atom is 0.232 e. The average Bonchev–Trinajstić information content (AvgIpc) is 3.67. The number of likely N-dealkylation sites (N-methyl/N-ethyl adjacent to an activating group) is 1. The summed E-state index contributed by atoms with van der Waals surface area (Å²) >= 11 is 0. The quantitative estimate of drug-likeness (QED) is 0.219. The van der Waals surface area contributed by atoms with Crippen LogP contribution >= 0.6 is 0 Å². The Bertz CT molecular complexity index is 1960. The van der Waals surface area contributed by atoms with E-state index in [0.717, 1.165) is 48.1 Å². The van der Waals surface area contributed by atoms with Crippen LogP contribution in [-0.2, 0) is 10.0 Å². The highest BCUT2D eigenvalue weighted by Gasteiger charge is 2.26. The zero-order valence-corrected chi connectivity index (χ0v) is 26.4. The molecule has 1 aliphatic heterocycles. The van der Waals surface area contributed by atoms with Gasteiger partial charge < -0.3 is 30.2 Å². The molecule has 4 heterocycles. The van der Waals surface area contributed by atoms with Gasteiger partial charge in [-0.3, -0.25) is 14.3 Å². The van der Waals surface area contributed by atoms with Crippen molar-refractivity contribution in [1.82, 2.24) is 29.8 Å². The lowest BCUT2D eigenvalue weighted by molar-refractivity contribution is 0.315. The molecule has 1 unspecified atom stereocenters. The van der Waals surface area contributed by atoms with Crippen molar-refractivity contribution in [1.29, 1.82) is 0 Å². The minimum atomic E-state index is -3.62. The van der Waals surface area contributed by atoms with Crippen LogP contribution in [0.2, 0.25) is 0 Å². The zero-order valence-electron chi connectivity index (χ0n) is 25.6. The Labute approximate surface area is 256 Å². The summed E-state index contributed by atoms with van der Waals surface area (Å²) in [5.41, 5.74) is 5.45. The minimum absolute atomic E-state index is 0.334. The van der Waals surface area contributed by atoms with Gasteiger partial charge in [0.25, 0.3) is 0 Å². The van der Waals surface area contributed by atoms with Crippen molar-refractivity contribution in [3.63, 3.8) is 0 Å². The van der Waals surface area contributed by atoms with Crippen LogP contribution in [-0.4, -0.2) is 91.9 Å². The summed E-state index contributed by atoms with van der Waals surface area (Å²) < 4.78 is 32.3. The number of benzene rings is 2. The SMILES string of the molecule is COc1cc(N2CCC(N(C)C)C2)c(C)cc1Nc1nc(Nc2ccc3nccnc3c2N(C)S(C)(=O)=O)c2cc[nH]c2n1. The fourth-order valence-electron chi connectivity index (χ4n) is 5.61. The van der Waals surface area contributed by atoms with Gasteiger partial charge in [-0.2, -0.15) is 9.97 Å². The molecular formula is C30H36N10O3S. The predicted molar refractivity (Wildman–Crippen MR) is 175 cm³/mol. The molecular weight excluding hydrogens is 580 g/mol. The van der Waals surface area contributed by atoms with Crippen molar-refractivity contribution < 1.29 is 13.2 Å². The lowest BCUT2D eigenvalue weighted by atomic mass is 10.1. The second-order valence-electron chi connectivity index (χ2n) is 11.2. The van der Waals surface area contributed by atoms with Crippen LogP contribution in [0, 0.1) is 6.92 Å². The van der Waals surface area contributed by atoms with Crippen LogP contribution < -0.4 is 24.6 Å². The predicted octanol–water partition coefficient (Wildman–Crippen LogP) is 4.24. The number of methoxy groups -OCH3 is 1. The van der Waals surface area contributed by atoms with Gasteiger partial charge in [-0.15, -0.1) is 0 Å². The number of rotatable bonds is 9. The average molecular weight is 617 g/mol. The van der Waals surface area contributed by atoms with Gasteiger partial charge in [0.2, 0.25) is 16.0 Å². The number of hydrogen-bond acceptors (Lipinski definition) is 11. The Morgan fingerprint density at radius 3 is 2.57 bits per heavy atom. The van der Waals surface area contributed by atoms with E-state index in [1.165, 1.54) is 17.5 Å². The smallest absolute Gasteiger partial charge is 0.232 e. The van der Waals surface area contributed by atoms with E-state index in [2.05, 4.69) is 62.5 Å². The van der Waals surface area contributed by atoms with Gasteiger partial charge >= 0.3 is 0 Å². The molecule has 0 amide bonds. The lowest BCUT2D eigenvalue weighted by Gasteiger charge is -2.25. The van der Waals surface area contributed by atoms with Crippen molar-refractivity contribution >= 4 is 66.6 Å². The van der Waals surface area contributed by atoms with E-state index < -0.39 is 10.0 Å². The minimum Gasteiger partial charge on any atom is -0.494 e. The second kappa shape index (κ2) is 11.4. The first-order valence-electron chi connectivity index (χ1n) is 14.2. The molecule has 1 saturated heterocycles. The molecule has 44 heavy (non-hydrogen) atoms. The molecule has 0 saturated carbocycles. The van der Waals surface area contributed by atoms with Gasteiger partial charge in [-0.05, 0) is 57.3 Å². The number of aryl methyl sites for hydroxylation is 1. The molecule has 1 atom stereocenters. The fraction of sp³-hybridized carbons (Fsp3) is 0.333. The van der Waals surface area contributed by atoms with Gasteiger partial charge in [-0.25, -0.2) is 8.42 Å². The fourth-order valence-corrected chi connectivity index (χ4v) is 6.13. The molecule has 230 valence electrons. The number of sulfonamides is 1. The van der Waals surface area contributed by atoms with E-state index in [0.29, 0.717) is 51.6 Å². The summed E-state index contributed by atoms with van der Waals surface area (Å²) in [6.45, 7) is 4.04. The third kappa shape index (κ3) is 5.53. The van der Waals surface area contributed by atoms with E-state index in [1.54, 1.807) is 31.6 Å². The summed E-state index contributed by atoms with van der Waals surface area (Å²) in [5.74, 6) is 1.48. The zero-order chi connectivity index (χ0) is 31.2. The van der Waals surface area contributed by atoms with Gasteiger partial charge in [0, 0.05) is 56.5 Å². The van der Waals surface area contributed by atoms with Crippen LogP contribution in [0.5, 0.6) is 5.75 Å². The Kier molecular flexibility index (Phi) is 7.63. The highest BCUT2D eigenvalue weighted by Crippen LogP contribution is 2.38. The van der Waals surface area contributed by atoms with E-state index in [1.807, 2.05) is 12.1 Å². The van der Waals surface area contributed by atoms with Crippen molar-refractivity contribution in [3.8, 4) is 5.75 Å². The number of nitrogens with one attached hydrogen (secondary N) is 3. The maximum absolute atomic E-state index is 12.6. The largest absolute Gasteiger partial charge is 0.494 e. The summed E-state index contributed by atoms with van der Waals surface area (Å²) in [7, 11) is 3.77. The van der Waals surface area contributed by atoms with Crippen molar-refractivity contribution in [2.75, 3.05) is 67.4 Å². The second-order valence-corrected chi connectivity index (χ2v) is 13.2. The summed E-state index contributed by atoms with van der Waals surface area (Å²) in [6, 6.07) is 10.0. The molecule has 0 radical (unpaired) electrons.